The maximum Gasteiger partial charge on any atom is 0.320 e. The van der Waals surface area contributed by atoms with E-state index >= 15 is 0 Å². The van der Waals surface area contributed by atoms with Crippen molar-refractivity contribution >= 4 is 11.8 Å². The fraction of sp³-hybridized carbons (Fsp3) is 0.545. The summed E-state index contributed by atoms with van der Waals surface area (Å²) in [6.45, 7) is 0. The van der Waals surface area contributed by atoms with E-state index in [1.807, 2.05) is 0 Å². The Morgan fingerprint density at radius 1 is 1.29 bits per heavy atom. The predicted molar refractivity (Wildman–Crippen MR) is 62.4 cm³/mol. The smallest absolute Gasteiger partial charge is 0.320 e. The molecule has 0 radical (unpaired) electrons. The highest BCUT2D eigenvalue weighted by molar-refractivity contribution is 5.88. The van der Waals surface area contributed by atoms with Gasteiger partial charge in [0.15, 0.2) is 5.82 Å². The molecule has 0 bridgehead atoms. The minimum absolute atomic E-state index is 0.134. The molecule has 0 aromatic carbocycles. The van der Waals surface area contributed by atoms with E-state index in [0.29, 0.717) is 5.82 Å². The second-order valence-electron chi connectivity index (χ2n) is 4.19. The van der Waals surface area contributed by atoms with E-state index in [-0.39, 0.29) is 18.2 Å². The van der Waals surface area contributed by atoms with E-state index in [9.17, 15) is 9.90 Å². The first-order valence-electron chi connectivity index (χ1n) is 5.75. The van der Waals surface area contributed by atoms with Crippen LogP contribution in [0.4, 0.5) is 10.6 Å². The fourth-order valence-corrected chi connectivity index (χ4v) is 1.92. The van der Waals surface area contributed by atoms with Crippen LogP contribution in [0.15, 0.2) is 18.6 Å². The first-order chi connectivity index (χ1) is 8.24. The zero-order chi connectivity index (χ0) is 12.1. The summed E-state index contributed by atoms with van der Waals surface area (Å²) >= 11 is 0. The van der Waals surface area contributed by atoms with Crippen LogP contribution < -0.4 is 10.6 Å². The van der Waals surface area contributed by atoms with Crippen LogP contribution >= 0.6 is 0 Å². The van der Waals surface area contributed by atoms with Crippen molar-refractivity contribution < 1.29 is 9.90 Å². The minimum Gasteiger partial charge on any atom is -0.393 e. The highest BCUT2D eigenvalue weighted by atomic mass is 16.3. The third kappa shape index (κ3) is 3.67. The molecule has 1 aliphatic rings. The molecular formula is C11H16N4O2. The quantitative estimate of drug-likeness (QED) is 0.712. The van der Waals surface area contributed by atoms with E-state index in [1.54, 1.807) is 6.20 Å². The van der Waals surface area contributed by atoms with Gasteiger partial charge in [0.2, 0.25) is 0 Å². The Kier molecular flexibility index (Phi) is 3.87. The van der Waals surface area contributed by atoms with E-state index in [4.69, 9.17) is 0 Å². The van der Waals surface area contributed by atoms with Gasteiger partial charge in [0.1, 0.15) is 0 Å². The van der Waals surface area contributed by atoms with Crippen molar-refractivity contribution in [3.8, 4) is 0 Å². The molecule has 1 saturated carbocycles. The van der Waals surface area contributed by atoms with Gasteiger partial charge in [0.25, 0.3) is 0 Å². The lowest BCUT2D eigenvalue weighted by molar-refractivity contribution is 0.118. The van der Waals surface area contributed by atoms with Crippen LogP contribution in [0.1, 0.15) is 25.7 Å². The third-order valence-electron chi connectivity index (χ3n) is 2.84. The number of aliphatic hydroxyl groups is 1. The molecule has 1 aromatic heterocycles. The summed E-state index contributed by atoms with van der Waals surface area (Å²) in [5.74, 6) is 0.431. The second kappa shape index (κ2) is 5.58. The Balaban J connectivity index is 1.78. The fourth-order valence-electron chi connectivity index (χ4n) is 1.92. The Morgan fingerprint density at radius 3 is 2.71 bits per heavy atom. The molecule has 1 aromatic rings. The molecule has 1 aliphatic carbocycles. The Morgan fingerprint density at radius 2 is 2.06 bits per heavy atom. The number of aliphatic hydroxyl groups excluding tert-OH is 1. The summed E-state index contributed by atoms with van der Waals surface area (Å²) in [4.78, 5) is 19.4. The average Bonchev–Trinajstić information content (AvgIpc) is 2.33. The van der Waals surface area contributed by atoms with Gasteiger partial charge in [-0.15, -0.1) is 0 Å². The molecule has 2 rings (SSSR count). The van der Waals surface area contributed by atoms with E-state index in [1.165, 1.54) is 12.4 Å². The number of amides is 2. The lowest BCUT2D eigenvalue weighted by Crippen LogP contribution is -2.41. The lowest BCUT2D eigenvalue weighted by atomic mass is 9.93. The van der Waals surface area contributed by atoms with Gasteiger partial charge in [-0.05, 0) is 25.7 Å². The topological polar surface area (TPSA) is 87.1 Å². The first kappa shape index (κ1) is 11.8. The first-order valence-corrected chi connectivity index (χ1v) is 5.75. The molecule has 0 saturated heterocycles. The molecule has 3 N–H and O–H groups in total. The Labute approximate surface area is 99.5 Å². The van der Waals surface area contributed by atoms with Crippen molar-refractivity contribution in [2.45, 2.75) is 37.8 Å². The number of hydrogen-bond acceptors (Lipinski definition) is 4. The van der Waals surface area contributed by atoms with Gasteiger partial charge < -0.3 is 10.4 Å². The van der Waals surface area contributed by atoms with E-state index < -0.39 is 0 Å². The number of aromatic nitrogens is 2. The summed E-state index contributed by atoms with van der Waals surface area (Å²) in [5.41, 5.74) is 0. The minimum atomic E-state index is -0.271. The van der Waals surface area contributed by atoms with Crippen molar-refractivity contribution in [3.63, 3.8) is 0 Å². The molecule has 0 aliphatic heterocycles. The number of nitrogens with zero attached hydrogens (tertiary/aromatic N) is 2. The maximum atomic E-state index is 11.6. The van der Waals surface area contributed by atoms with E-state index in [2.05, 4.69) is 20.6 Å². The second-order valence-corrected chi connectivity index (χ2v) is 4.19. The van der Waals surface area contributed by atoms with Crippen molar-refractivity contribution in [2.24, 2.45) is 0 Å². The summed E-state index contributed by atoms with van der Waals surface area (Å²) in [7, 11) is 0. The van der Waals surface area contributed by atoms with Gasteiger partial charge in [-0.3, -0.25) is 10.3 Å². The van der Waals surface area contributed by atoms with Gasteiger partial charge in [0.05, 0.1) is 12.3 Å². The standard InChI is InChI=1S/C11H16N4O2/c16-9-3-1-8(2-4-9)14-11(17)15-10-7-12-5-6-13-10/h5-9,16H,1-4H2,(H2,13,14,15,17). The monoisotopic (exact) mass is 236 g/mol. The molecule has 6 nitrogen and oxygen atoms in total. The zero-order valence-electron chi connectivity index (χ0n) is 9.47. The molecule has 0 atom stereocenters. The number of hydrogen-bond donors (Lipinski definition) is 3. The van der Waals surface area contributed by atoms with Gasteiger partial charge in [-0.2, -0.15) is 0 Å². The number of carbonyl (C=O) groups is 1. The third-order valence-corrected chi connectivity index (χ3v) is 2.84. The number of carbonyl (C=O) groups excluding carboxylic acids is 1. The number of urea groups is 1. The largest absolute Gasteiger partial charge is 0.393 e. The van der Waals surface area contributed by atoms with Crippen molar-refractivity contribution in [1.82, 2.24) is 15.3 Å². The predicted octanol–water partition coefficient (Wildman–Crippen LogP) is 0.902. The summed E-state index contributed by atoms with van der Waals surface area (Å²) < 4.78 is 0. The molecular weight excluding hydrogens is 220 g/mol. The van der Waals surface area contributed by atoms with Crippen LogP contribution in [0.5, 0.6) is 0 Å². The molecule has 0 spiro atoms. The molecule has 17 heavy (non-hydrogen) atoms. The molecule has 6 heteroatoms. The molecule has 0 unspecified atom stereocenters. The summed E-state index contributed by atoms with van der Waals surface area (Å²) in [6.07, 6.45) is 7.47. The Hall–Kier alpha value is -1.69. The van der Waals surface area contributed by atoms with E-state index in [0.717, 1.165) is 25.7 Å². The maximum absolute atomic E-state index is 11.6. The Bertz CT molecular complexity index is 363. The van der Waals surface area contributed by atoms with Gasteiger partial charge in [0, 0.05) is 18.4 Å². The molecule has 2 amide bonds. The van der Waals surface area contributed by atoms with Crippen molar-refractivity contribution in [3.05, 3.63) is 18.6 Å². The molecule has 92 valence electrons. The normalized spacial score (nSPS) is 24.1. The van der Waals surface area contributed by atoms with Gasteiger partial charge in [-0.1, -0.05) is 0 Å². The van der Waals surface area contributed by atoms with Crippen LogP contribution in [0.25, 0.3) is 0 Å². The average molecular weight is 236 g/mol. The zero-order valence-corrected chi connectivity index (χ0v) is 9.47. The van der Waals surface area contributed by atoms with Crippen LogP contribution in [0, 0.1) is 0 Å². The molecule has 1 heterocycles. The summed E-state index contributed by atoms with van der Waals surface area (Å²) in [6, 6.07) is -0.137. The van der Waals surface area contributed by atoms with Crippen LogP contribution in [-0.4, -0.2) is 33.3 Å². The lowest BCUT2D eigenvalue weighted by Gasteiger charge is -2.26. The highest BCUT2D eigenvalue weighted by Crippen LogP contribution is 2.18. The SMILES string of the molecule is O=C(Nc1cnccn1)NC1CCC(O)CC1. The van der Waals surface area contributed by atoms with Gasteiger partial charge >= 0.3 is 6.03 Å². The van der Waals surface area contributed by atoms with Crippen molar-refractivity contribution in [1.29, 1.82) is 0 Å². The number of nitrogens with one attached hydrogen (secondary N) is 2. The number of anilines is 1. The van der Waals surface area contributed by atoms with Gasteiger partial charge in [-0.25, -0.2) is 9.78 Å². The van der Waals surface area contributed by atoms with Crippen molar-refractivity contribution in [2.75, 3.05) is 5.32 Å². The number of rotatable bonds is 2. The van der Waals surface area contributed by atoms with Crippen LogP contribution in [-0.2, 0) is 0 Å². The summed E-state index contributed by atoms with van der Waals surface area (Å²) in [5, 5.41) is 14.8. The molecule has 1 fully saturated rings. The van der Waals surface area contributed by atoms with Crippen LogP contribution in [0.3, 0.4) is 0 Å². The van der Waals surface area contributed by atoms with Crippen LogP contribution in [0.2, 0.25) is 0 Å². The highest BCUT2D eigenvalue weighted by Gasteiger charge is 2.20.